The minimum Gasteiger partial charge on any atom is -0.496 e. The first-order valence-electron chi connectivity index (χ1n) is 5.09. The average Bonchev–Trinajstić information content (AvgIpc) is 3.06. The van der Waals surface area contributed by atoms with Gasteiger partial charge < -0.3 is 18.9 Å². The van der Waals surface area contributed by atoms with Crippen molar-refractivity contribution in [2.45, 2.75) is 12.5 Å². The molecule has 0 radical (unpaired) electrons. The lowest BCUT2D eigenvalue weighted by atomic mass is 9.99. The summed E-state index contributed by atoms with van der Waals surface area (Å²) in [6.45, 7) is 2.70. The fraction of sp³-hybridized carbons (Fsp3) is 0.500. The molecule has 0 aromatic heterocycles. The maximum absolute atomic E-state index is 5.44. The first-order chi connectivity index (χ1) is 7.64. The Labute approximate surface area is 95.1 Å². The van der Waals surface area contributed by atoms with E-state index in [-0.39, 0.29) is 5.60 Å². The summed E-state index contributed by atoms with van der Waals surface area (Å²) < 4.78 is 21.3. The fourth-order valence-corrected chi connectivity index (χ4v) is 1.78. The second kappa shape index (κ2) is 3.87. The average molecular weight is 224 g/mol. The zero-order valence-electron chi connectivity index (χ0n) is 9.99. The van der Waals surface area contributed by atoms with E-state index < -0.39 is 0 Å². The van der Waals surface area contributed by atoms with Crippen molar-refractivity contribution in [1.29, 1.82) is 0 Å². The van der Waals surface area contributed by atoms with Gasteiger partial charge in [-0.1, -0.05) is 0 Å². The first-order valence-corrected chi connectivity index (χ1v) is 5.09. The molecule has 4 heteroatoms. The number of methoxy groups -OCH3 is 3. The van der Waals surface area contributed by atoms with Crippen molar-refractivity contribution in [2.75, 3.05) is 27.9 Å². The highest BCUT2D eigenvalue weighted by molar-refractivity contribution is 5.54. The molecule has 0 aliphatic carbocycles. The highest BCUT2D eigenvalue weighted by Crippen LogP contribution is 2.49. The van der Waals surface area contributed by atoms with Gasteiger partial charge in [-0.15, -0.1) is 0 Å². The van der Waals surface area contributed by atoms with Crippen LogP contribution in [0.4, 0.5) is 0 Å². The molecule has 1 atom stereocenters. The summed E-state index contributed by atoms with van der Waals surface area (Å²) in [5.41, 5.74) is 0.654. The summed E-state index contributed by atoms with van der Waals surface area (Å²) in [4.78, 5) is 0. The van der Waals surface area contributed by atoms with Crippen LogP contribution in [0.1, 0.15) is 12.5 Å². The molecule has 4 nitrogen and oxygen atoms in total. The number of hydrogen-bond acceptors (Lipinski definition) is 4. The molecular weight excluding hydrogens is 208 g/mol. The van der Waals surface area contributed by atoms with E-state index in [4.69, 9.17) is 18.9 Å². The van der Waals surface area contributed by atoms with Crippen molar-refractivity contribution in [1.82, 2.24) is 0 Å². The van der Waals surface area contributed by atoms with Crippen molar-refractivity contribution in [3.63, 3.8) is 0 Å². The Bertz CT molecular complexity index is 371. The molecular formula is C12H16O4. The lowest BCUT2D eigenvalue weighted by molar-refractivity contribution is 0.300. The van der Waals surface area contributed by atoms with E-state index in [0.29, 0.717) is 12.4 Å². The topological polar surface area (TPSA) is 40.2 Å². The Morgan fingerprint density at radius 1 is 1.06 bits per heavy atom. The third kappa shape index (κ3) is 1.69. The molecule has 88 valence electrons. The molecule has 16 heavy (non-hydrogen) atoms. The molecule has 0 saturated carbocycles. The Morgan fingerprint density at radius 3 is 1.88 bits per heavy atom. The van der Waals surface area contributed by atoms with E-state index in [0.717, 1.165) is 17.1 Å². The summed E-state index contributed by atoms with van der Waals surface area (Å²) in [6, 6.07) is 3.68. The number of epoxide rings is 1. The molecule has 1 fully saturated rings. The van der Waals surface area contributed by atoms with Crippen molar-refractivity contribution in [3.8, 4) is 17.2 Å². The van der Waals surface area contributed by atoms with Crippen LogP contribution in [-0.2, 0) is 10.3 Å². The molecule has 1 unspecified atom stereocenters. The van der Waals surface area contributed by atoms with Crippen LogP contribution in [0.15, 0.2) is 12.1 Å². The Balaban J connectivity index is 2.55. The van der Waals surface area contributed by atoms with Crippen LogP contribution < -0.4 is 14.2 Å². The lowest BCUT2D eigenvalue weighted by Gasteiger charge is -2.17. The lowest BCUT2D eigenvalue weighted by Crippen LogP contribution is -2.08. The van der Waals surface area contributed by atoms with Crippen LogP contribution in [0.5, 0.6) is 17.2 Å². The molecule has 1 aromatic rings. The summed E-state index contributed by atoms with van der Waals surface area (Å²) in [5, 5.41) is 0. The molecule has 1 aromatic carbocycles. The van der Waals surface area contributed by atoms with Crippen molar-refractivity contribution in [2.24, 2.45) is 0 Å². The van der Waals surface area contributed by atoms with Crippen molar-refractivity contribution in [3.05, 3.63) is 17.7 Å². The standard InChI is InChI=1S/C12H16O4/c1-12(7-16-12)11-9(14-3)5-8(13-2)6-10(11)15-4/h5-6H,7H2,1-4H3. The zero-order valence-corrected chi connectivity index (χ0v) is 9.99. The largest absolute Gasteiger partial charge is 0.496 e. The van der Waals surface area contributed by atoms with Crippen molar-refractivity contribution >= 4 is 0 Å². The van der Waals surface area contributed by atoms with Gasteiger partial charge in [-0.25, -0.2) is 0 Å². The first kappa shape index (κ1) is 11.1. The van der Waals surface area contributed by atoms with Gasteiger partial charge >= 0.3 is 0 Å². The number of hydrogen-bond donors (Lipinski definition) is 0. The van der Waals surface area contributed by atoms with E-state index in [1.54, 1.807) is 21.3 Å². The Morgan fingerprint density at radius 2 is 1.56 bits per heavy atom. The van der Waals surface area contributed by atoms with Gasteiger partial charge in [0.1, 0.15) is 22.8 Å². The van der Waals surface area contributed by atoms with Gasteiger partial charge in [0.2, 0.25) is 0 Å². The van der Waals surface area contributed by atoms with Crippen LogP contribution in [0.25, 0.3) is 0 Å². The van der Waals surface area contributed by atoms with Crippen LogP contribution in [0, 0.1) is 0 Å². The van der Waals surface area contributed by atoms with Gasteiger partial charge in [-0.05, 0) is 6.92 Å². The molecule has 0 amide bonds. The van der Waals surface area contributed by atoms with Crippen LogP contribution in [0.2, 0.25) is 0 Å². The molecule has 1 saturated heterocycles. The smallest absolute Gasteiger partial charge is 0.132 e. The minimum absolute atomic E-state index is 0.289. The van der Waals surface area contributed by atoms with Gasteiger partial charge in [-0.3, -0.25) is 0 Å². The molecule has 0 bridgehead atoms. The maximum atomic E-state index is 5.44. The Hall–Kier alpha value is -1.42. The highest BCUT2D eigenvalue weighted by atomic mass is 16.6. The third-order valence-electron chi connectivity index (χ3n) is 2.82. The predicted molar refractivity (Wildman–Crippen MR) is 59.4 cm³/mol. The monoisotopic (exact) mass is 224 g/mol. The van der Waals surface area contributed by atoms with Gasteiger partial charge in [0.15, 0.2) is 0 Å². The van der Waals surface area contributed by atoms with E-state index in [1.807, 2.05) is 19.1 Å². The van der Waals surface area contributed by atoms with E-state index >= 15 is 0 Å². The SMILES string of the molecule is COc1cc(OC)c(C2(C)CO2)c(OC)c1. The summed E-state index contributed by atoms with van der Waals surface area (Å²) in [5.74, 6) is 2.18. The molecule has 1 aliphatic rings. The third-order valence-corrected chi connectivity index (χ3v) is 2.82. The fourth-order valence-electron chi connectivity index (χ4n) is 1.78. The van der Waals surface area contributed by atoms with Crippen LogP contribution in [0.3, 0.4) is 0 Å². The highest BCUT2D eigenvalue weighted by Gasteiger charge is 2.46. The van der Waals surface area contributed by atoms with Gasteiger partial charge in [0.05, 0.1) is 33.5 Å². The van der Waals surface area contributed by atoms with E-state index in [1.165, 1.54) is 0 Å². The minimum atomic E-state index is -0.289. The molecule has 1 aliphatic heterocycles. The van der Waals surface area contributed by atoms with Gasteiger partial charge in [-0.2, -0.15) is 0 Å². The van der Waals surface area contributed by atoms with Crippen LogP contribution >= 0.6 is 0 Å². The number of rotatable bonds is 4. The van der Waals surface area contributed by atoms with Crippen LogP contribution in [-0.4, -0.2) is 27.9 Å². The van der Waals surface area contributed by atoms with E-state index in [9.17, 15) is 0 Å². The normalized spacial score (nSPS) is 22.8. The van der Waals surface area contributed by atoms with Gasteiger partial charge in [0.25, 0.3) is 0 Å². The summed E-state index contributed by atoms with van der Waals surface area (Å²) in [6.07, 6.45) is 0. The molecule has 0 spiro atoms. The second-order valence-corrected chi connectivity index (χ2v) is 3.93. The second-order valence-electron chi connectivity index (χ2n) is 3.93. The Kier molecular flexibility index (Phi) is 2.68. The molecule has 0 N–H and O–H groups in total. The molecule has 1 heterocycles. The summed E-state index contributed by atoms with van der Waals surface area (Å²) >= 11 is 0. The quantitative estimate of drug-likeness (QED) is 0.733. The predicted octanol–water partition coefficient (Wildman–Crippen LogP) is 1.96. The van der Waals surface area contributed by atoms with Gasteiger partial charge in [0, 0.05) is 12.1 Å². The number of ether oxygens (including phenoxy) is 4. The molecule has 2 rings (SSSR count). The summed E-state index contributed by atoms with van der Waals surface area (Å²) in [7, 11) is 4.87. The van der Waals surface area contributed by atoms with Crippen molar-refractivity contribution < 1.29 is 18.9 Å². The zero-order chi connectivity index (χ0) is 11.8. The van der Waals surface area contributed by atoms with E-state index in [2.05, 4.69) is 0 Å². The number of benzene rings is 1. The maximum Gasteiger partial charge on any atom is 0.132 e.